The zero-order chi connectivity index (χ0) is 22.1. The summed E-state index contributed by atoms with van der Waals surface area (Å²) in [5, 5.41) is 0. The minimum absolute atomic E-state index is 0.139. The Bertz CT molecular complexity index is 1310. The Kier molecular flexibility index (Phi) is 5.75. The molecule has 0 saturated carbocycles. The van der Waals surface area contributed by atoms with Crippen molar-refractivity contribution >= 4 is 22.7 Å². The van der Waals surface area contributed by atoms with E-state index in [-0.39, 0.29) is 4.90 Å². The molecule has 0 aliphatic carbocycles. The van der Waals surface area contributed by atoms with Crippen LogP contribution in [0.1, 0.15) is 27.8 Å². The maximum absolute atomic E-state index is 12.0. The molecule has 4 rings (SSSR count). The van der Waals surface area contributed by atoms with Crippen molar-refractivity contribution in [1.29, 1.82) is 0 Å². The van der Waals surface area contributed by atoms with E-state index >= 15 is 0 Å². The number of aryl methyl sites for hydroxylation is 1. The molecule has 31 heavy (non-hydrogen) atoms. The summed E-state index contributed by atoms with van der Waals surface area (Å²) >= 11 is 4.57. The predicted molar refractivity (Wildman–Crippen MR) is 127 cm³/mol. The molecule has 3 nitrogen and oxygen atoms in total. The molecule has 0 aliphatic rings. The van der Waals surface area contributed by atoms with E-state index in [0.29, 0.717) is 0 Å². The molecule has 4 aromatic rings. The highest BCUT2D eigenvalue weighted by atomic mass is 32.2. The molecular formula is C26H22O3S2. The largest absolute Gasteiger partial charge is 0.294 e. The van der Waals surface area contributed by atoms with Crippen LogP contribution in [0, 0.1) is 6.92 Å². The highest BCUT2D eigenvalue weighted by molar-refractivity contribution is 7.85. The van der Waals surface area contributed by atoms with Gasteiger partial charge in [0.05, 0.1) is 10.3 Å². The molecule has 4 aromatic carbocycles. The number of hydrogen-bond acceptors (Lipinski definition) is 3. The van der Waals surface area contributed by atoms with Crippen LogP contribution in [-0.4, -0.2) is 13.0 Å². The molecule has 0 amide bonds. The third kappa shape index (κ3) is 4.04. The van der Waals surface area contributed by atoms with E-state index < -0.39 is 15.5 Å². The van der Waals surface area contributed by atoms with Gasteiger partial charge in [-0.1, -0.05) is 84.4 Å². The summed E-state index contributed by atoms with van der Waals surface area (Å²) in [6.45, 7) is 2.03. The number of thiol groups is 1. The van der Waals surface area contributed by atoms with Gasteiger partial charge in [-0.2, -0.15) is 8.42 Å². The smallest absolute Gasteiger partial charge is 0.282 e. The van der Waals surface area contributed by atoms with Crippen molar-refractivity contribution < 1.29 is 13.0 Å². The Morgan fingerprint density at radius 2 is 1.23 bits per heavy atom. The van der Waals surface area contributed by atoms with Gasteiger partial charge in [-0.25, -0.2) is 0 Å². The molecule has 1 N–H and O–H groups in total. The van der Waals surface area contributed by atoms with Crippen molar-refractivity contribution in [1.82, 2.24) is 0 Å². The van der Waals surface area contributed by atoms with Gasteiger partial charge in [0.2, 0.25) is 0 Å². The first-order chi connectivity index (χ1) is 14.8. The van der Waals surface area contributed by atoms with Crippen molar-refractivity contribution in [2.45, 2.75) is 22.1 Å². The van der Waals surface area contributed by atoms with Crippen LogP contribution in [-0.2, 0) is 15.5 Å². The van der Waals surface area contributed by atoms with E-state index in [1.165, 1.54) is 6.07 Å². The molecule has 5 heteroatoms. The second-order valence-corrected chi connectivity index (χ2v) is 9.47. The summed E-state index contributed by atoms with van der Waals surface area (Å²) in [7, 11) is -4.36. The lowest BCUT2D eigenvalue weighted by Crippen LogP contribution is -2.31. The van der Waals surface area contributed by atoms with Crippen molar-refractivity contribution in [2.24, 2.45) is 0 Å². The van der Waals surface area contributed by atoms with Crippen LogP contribution in [0.5, 0.6) is 0 Å². The lowest BCUT2D eigenvalue weighted by atomic mass is 9.65. The molecule has 0 aliphatic heterocycles. The van der Waals surface area contributed by atoms with Gasteiger partial charge in [0.15, 0.2) is 0 Å². The van der Waals surface area contributed by atoms with Crippen molar-refractivity contribution in [3.05, 3.63) is 131 Å². The number of hydrogen-bond donors (Lipinski definition) is 2. The summed E-state index contributed by atoms with van der Waals surface area (Å²) in [5.74, 6) is 0. The fourth-order valence-electron chi connectivity index (χ4n) is 4.12. The van der Waals surface area contributed by atoms with E-state index in [0.717, 1.165) is 32.7 Å². The molecule has 0 heterocycles. The Morgan fingerprint density at radius 3 is 1.84 bits per heavy atom. The summed E-state index contributed by atoms with van der Waals surface area (Å²) in [5.41, 5.74) is 3.95. The highest BCUT2D eigenvalue weighted by Crippen LogP contribution is 2.46. The Labute approximate surface area is 188 Å². The average molecular weight is 447 g/mol. The first kappa shape index (κ1) is 21.4. The third-order valence-electron chi connectivity index (χ3n) is 5.54. The van der Waals surface area contributed by atoms with Crippen LogP contribution in [0.2, 0.25) is 0 Å². The lowest BCUT2D eigenvalue weighted by Gasteiger charge is -2.37. The molecule has 0 radical (unpaired) electrons. The molecule has 0 bridgehead atoms. The van der Waals surface area contributed by atoms with Crippen molar-refractivity contribution in [3.63, 3.8) is 0 Å². The Hall–Kier alpha value is -2.86. The molecule has 0 spiro atoms. The minimum atomic E-state index is -4.36. The van der Waals surface area contributed by atoms with Gasteiger partial charge in [-0.15, -0.1) is 12.6 Å². The zero-order valence-corrected chi connectivity index (χ0v) is 18.6. The van der Waals surface area contributed by atoms with Crippen molar-refractivity contribution in [3.8, 4) is 0 Å². The van der Waals surface area contributed by atoms with Gasteiger partial charge in [0.1, 0.15) is 0 Å². The normalized spacial score (nSPS) is 13.5. The van der Waals surface area contributed by atoms with Crippen LogP contribution in [0.15, 0.2) is 113 Å². The summed E-state index contributed by atoms with van der Waals surface area (Å²) in [4.78, 5) is 0.662. The van der Waals surface area contributed by atoms with Crippen molar-refractivity contribution in [2.75, 3.05) is 0 Å². The van der Waals surface area contributed by atoms with Crippen LogP contribution < -0.4 is 0 Å². The zero-order valence-electron chi connectivity index (χ0n) is 16.9. The lowest BCUT2D eigenvalue weighted by molar-refractivity contribution is 0.483. The number of rotatable bonds is 5. The number of benzene rings is 4. The summed E-state index contributed by atoms with van der Waals surface area (Å²) in [6, 6.07) is 32.5. The first-order valence-electron chi connectivity index (χ1n) is 9.82. The van der Waals surface area contributed by atoms with E-state index in [1.807, 2.05) is 79.7 Å². The standard InChI is InChI=1S/C26H22O3S2/c1-19-13-15-21(16-14-19)26(20-7-3-2-4-8-20,22-9-5-11-24(30)17-22)23-10-6-12-25(18-23)31(27,28)29/h2-18,30H,1H3,(H,27,28,29). The molecule has 0 saturated heterocycles. The fourth-order valence-corrected chi connectivity index (χ4v) is 4.87. The molecule has 0 fully saturated rings. The maximum Gasteiger partial charge on any atom is 0.294 e. The van der Waals surface area contributed by atoms with Gasteiger partial charge in [0, 0.05) is 4.90 Å². The topological polar surface area (TPSA) is 54.4 Å². The first-order valence-corrected chi connectivity index (χ1v) is 11.7. The molecule has 1 unspecified atom stereocenters. The second kappa shape index (κ2) is 8.35. The minimum Gasteiger partial charge on any atom is -0.282 e. The molecule has 1 atom stereocenters. The van der Waals surface area contributed by atoms with Crippen LogP contribution in [0.25, 0.3) is 0 Å². The van der Waals surface area contributed by atoms with Crippen LogP contribution in [0.4, 0.5) is 0 Å². The quantitative estimate of drug-likeness (QED) is 0.228. The predicted octanol–water partition coefficient (Wildman–Crippen LogP) is 5.91. The van der Waals surface area contributed by atoms with Gasteiger partial charge in [-0.3, -0.25) is 4.55 Å². The van der Waals surface area contributed by atoms with Crippen LogP contribution in [0.3, 0.4) is 0 Å². The third-order valence-corrected chi connectivity index (χ3v) is 6.66. The second-order valence-electron chi connectivity index (χ2n) is 7.54. The molecular weight excluding hydrogens is 424 g/mol. The maximum atomic E-state index is 12.0. The molecule has 0 aromatic heterocycles. The molecule has 156 valence electrons. The SMILES string of the molecule is Cc1ccc(C(c2ccccc2)(c2cccc(S)c2)c2cccc(S(=O)(=O)O)c2)cc1. The fraction of sp³-hybridized carbons (Fsp3) is 0.0769. The van der Waals surface area contributed by atoms with E-state index in [2.05, 4.69) is 24.8 Å². The van der Waals surface area contributed by atoms with Gasteiger partial charge < -0.3 is 0 Å². The average Bonchev–Trinajstić information content (AvgIpc) is 2.76. The van der Waals surface area contributed by atoms with Gasteiger partial charge in [0.25, 0.3) is 10.1 Å². The Balaban J connectivity index is 2.17. The van der Waals surface area contributed by atoms with Gasteiger partial charge in [-0.05, 0) is 53.4 Å². The van der Waals surface area contributed by atoms with Crippen LogP contribution >= 0.6 is 12.6 Å². The van der Waals surface area contributed by atoms with E-state index in [1.54, 1.807) is 12.1 Å². The Morgan fingerprint density at radius 1 is 0.677 bits per heavy atom. The van der Waals surface area contributed by atoms with E-state index in [4.69, 9.17) is 0 Å². The van der Waals surface area contributed by atoms with E-state index in [9.17, 15) is 13.0 Å². The summed E-state index contributed by atoms with van der Waals surface area (Å²) < 4.78 is 33.7. The van der Waals surface area contributed by atoms with Gasteiger partial charge >= 0.3 is 0 Å². The monoisotopic (exact) mass is 446 g/mol. The summed E-state index contributed by atoms with van der Waals surface area (Å²) in [6.07, 6.45) is 0. The highest BCUT2D eigenvalue weighted by Gasteiger charge is 2.39.